The molecule has 1 unspecified atom stereocenters. The van der Waals surface area contributed by atoms with Gasteiger partial charge in [0.2, 0.25) is 0 Å². The molecule has 1 atom stereocenters. The Kier molecular flexibility index (Phi) is 6.47. The molecule has 0 spiro atoms. The lowest BCUT2D eigenvalue weighted by molar-refractivity contribution is 0.318. The monoisotopic (exact) mass is 400 g/mol. The van der Waals surface area contributed by atoms with Crippen molar-refractivity contribution < 1.29 is 9.84 Å². The van der Waals surface area contributed by atoms with Crippen LogP contribution in [0.25, 0.3) is 11.1 Å². The van der Waals surface area contributed by atoms with Gasteiger partial charge in [-0.1, -0.05) is 54.6 Å². The molecule has 1 fully saturated rings. The average Bonchev–Trinajstić information content (AvgIpc) is 3.61. The van der Waals surface area contributed by atoms with E-state index in [0.717, 1.165) is 36.4 Å². The quantitative estimate of drug-likeness (QED) is 0.284. The highest BCUT2D eigenvalue weighted by Gasteiger charge is 2.25. The second-order valence-electron chi connectivity index (χ2n) is 7.55. The Morgan fingerprint density at radius 1 is 0.933 bits per heavy atom. The molecule has 154 valence electrons. The molecular formula is C26H28N2O2. The molecule has 1 aliphatic rings. The summed E-state index contributed by atoms with van der Waals surface area (Å²) in [7, 11) is 1.92. The zero-order chi connectivity index (χ0) is 20.8. The fourth-order valence-corrected chi connectivity index (χ4v) is 3.61. The molecule has 4 heteroatoms. The summed E-state index contributed by atoms with van der Waals surface area (Å²) in [5, 5.41) is 16.3. The summed E-state index contributed by atoms with van der Waals surface area (Å²) in [5.74, 6) is 1.14. The first-order valence-corrected chi connectivity index (χ1v) is 10.4. The number of rotatable bonds is 9. The van der Waals surface area contributed by atoms with Crippen LogP contribution in [0.4, 0.5) is 0 Å². The molecule has 4 nitrogen and oxygen atoms in total. The van der Waals surface area contributed by atoms with Crippen LogP contribution in [0.1, 0.15) is 23.1 Å². The molecule has 0 aliphatic carbocycles. The number of hydrogen-bond donors (Lipinski definition) is 3. The predicted octanol–water partition coefficient (Wildman–Crippen LogP) is 4.31. The van der Waals surface area contributed by atoms with Gasteiger partial charge in [-0.2, -0.15) is 0 Å². The summed E-state index contributed by atoms with van der Waals surface area (Å²) in [5.41, 5.74) is 5.96. The van der Waals surface area contributed by atoms with Crippen LogP contribution in [-0.2, 0) is 0 Å². The lowest BCUT2D eigenvalue weighted by atomic mass is 9.87. The van der Waals surface area contributed by atoms with Crippen molar-refractivity contribution in [3.05, 3.63) is 95.6 Å². The number of benzene rings is 3. The number of likely N-dealkylation sites (N-methyl/N-ethyl adjacent to an activating group) is 1. The van der Waals surface area contributed by atoms with E-state index in [2.05, 4.69) is 47.0 Å². The first-order chi connectivity index (χ1) is 14.7. The van der Waals surface area contributed by atoms with Gasteiger partial charge in [-0.05, 0) is 65.6 Å². The van der Waals surface area contributed by atoms with Crippen LogP contribution < -0.4 is 15.4 Å². The molecule has 1 aliphatic heterocycles. The summed E-state index contributed by atoms with van der Waals surface area (Å²) >= 11 is 0. The van der Waals surface area contributed by atoms with Crippen molar-refractivity contribution in [2.24, 2.45) is 0 Å². The van der Waals surface area contributed by atoms with Gasteiger partial charge >= 0.3 is 0 Å². The van der Waals surface area contributed by atoms with Crippen LogP contribution in [0.5, 0.6) is 11.5 Å². The van der Waals surface area contributed by atoms with Crippen LogP contribution in [0, 0.1) is 0 Å². The molecule has 3 aromatic rings. The Labute approximate surface area is 178 Å². The minimum atomic E-state index is 0.275. The van der Waals surface area contributed by atoms with Crippen molar-refractivity contribution >= 4 is 11.1 Å². The second kappa shape index (κ2) is 9.61. The third kappa shape index (κ3) is 5.09. The molecule has 0 aromatic heterocycles. The normalized spacial score (nSPS) is 16.1. The molecule has 1 saturated heterocycles. The highest BCUT2D eigenvalue weighted by atomic mass is 16.5. The van der Waals surface area contributed by atoms with Gasteiger partial charge in [0.15, 0.2) is 0 Å². The number of hydrogen-bond acceptors (Lipinski definition) is 4. The standard InChI is InChI=1S/C26H28N2O2/c1-27-15-16-30-24-13-9-21(10-14-24)26(20-7-11-23(29)12-8-20)25(17-22-18-28-22)19-5-3-2-4-6-19/h2-14,22,27-29H,15-18H2,1H3. The molecule has 0 radical (unpaired) electrons. The van der Waals surface area contributed by atoms with E-state index in [1.165, 1.54) is 16.7 Å². The third-order valence-electron chi connectivity index (χ3n) is 5.29. The molecule has 1 heterocycles. The van der Waals surface area contributed by atoms with Crippen LogP contribution in [0.15, 0.2) is 78.9 Å². The van der Waals surface area contributed by atoms with Crippen LogP contribution in [0.2, 0.25) is 0 Å². The van der Waals surface area contributed by atoms with E-state index in [-0.39, 0.29) is 5.75 Å². The Morgan fingerprint density at radius 3 is 2.17 bits per heavy atom. The lowest BCUT2D eigenvalue weighted by Crippen LogP contribution is -2.15. The Hall–Kier alpha value is -3.08. The Morgan fingerprint density at radius 2 is 1.57 bits per heavy atom. The van der Waals surface area contributed by atoms with Gasteiger partial charge < -0.3 is 20.5 Å². The summed E-state index contributed by atoms with van der Waals surface area (Å²) < 4.78 is 5.80. The summed E-state index contributed by atoms with van der Waals surface area (Å²) in [6, 6.07) is 26.9. The van der Waals surface area contributed by atoms with E-state index in [0.29, 0.717) is 12.6 Å². The molecule has 0 bridgehead atoms. The lowest BCUT2D eigenvalue weighted by Gasteiger charge is -2.18. The van der Waals surface area contributed by atoms with Gasteiger partial charge in [-0.3, -0.25) is 0 Å². The van der Waals surface area contributed by atoms with E-state index in [1.54, 1.807) is 12.1 Å². The van der Waals surface area contributed by atoms with Crippen molar-refractivity contribution in [2.75, 3.05) is 26.7 Å². The molecule has 30 heavy (non-hydrogen) atoms. The maximum Gasteiger partial charge on any atom is 0.119 e. The number of phenolic OH excluding ortho intramolecular Hbond substituents is 1. The SMILES string of the molecule is CNCCOc1ccc(C(=C(CC2CN2)c2ccccc2)c2ccc(O)cc2)cc1. The topological polar surface area (TPSA) is 63.4 Å². The van der Waals surface area contributed by atoms with Crippen molar-refractivity contribution in [3.63, 3.8) is 0 Å². The van der Waals surface area contributed by atoms with E-state index in [1.807, 2.05) is 37.4 Å². The van der Waals surface area contributed by atoms with Gasteiger partial charge in [0, 0.05) is 19.1 Å². The van der Waals surface area contributed by atoms with E-state index in [4.69, 9.17) is 4.74 Å². The zero-order valence-corrected chi connectivity index (χ0v) is 17.3. The zero-order valence-electron chi connectivity index (χ0n) is 17.3. The maximum atomic E-state index is 9.81. The van der Waals surface area contributed by atoms with Gasteiger partial charge in [0.1, 0.15) is 18.1 Å². The van der Waals surface area contributed by atoms with E-state index < -0.39 is 0 Å². The van der Waals surface area contributed by atoms with Gasteiger partial charge in [0.25, 0.3) is 0 Å². The summed E-state index contributed by atoms with van der Waals surface area (Å²) in [4.78, 5) is 0. The minimum Gasteiger partial charge on any atom is -0.508 e. The molecule has 3 N–H and O–H groups in total. The molecular weight excluding hydrogens is 372 g/mol. The molecule has 0 saturated carbocycles. The van der Waals surface area contributed by atoms with Gasteiger partial charge in [-0.15, -0.1) is 0 Å². The number of ether oxygens (including phenoxy) is 1. The summed E-state index contributed by atoms with van der Waals surface area (Å²) in [6.07, 6.45) is 0.959. The van der Waals surface area contributed by atoms with Crippen molar-refractivity contribution in [2.45, 2.75) is 12.5 Å². The fraction of sp³-hybridized carbons (Fsp3) is 0.231. The number of aromatic hydroxyl groups is 1. The number of phenols is 1. The first-order valence-electron chi connectivity index (χ1n) is 10.4. The Bertz CT molecular complexity index is 976. The maximum absolute atomic E-state index is 9.81. The van der Waals surface area contributed by atoms with Crippen molar-refractivity contribution in [1.82, 2.24) is 10.6 Å². The molecule has 4 rings (SSSR count). The smallest absolute Gasteiger partial charge is 0.119 e. The van der Waals surface area contributed by atoms with Crippen LogP contribution >= 0.6 is 0 Å². The minimum absolute atomic E-state index is 0.275. The average molecular weight is 401 g/mol. The van der Waals surface area contributed by atoms with E-state index >= 15 is 0 Å². The second-order valence-corrected chi connectivity index (χ2v) is 7.55. The Balaban J connectivity index is 1.79. The third-order valence-corrected chi connectivity index (χ3v) is 5.29. The highest BCUT2D eigenvalue weighted by molar-refractivity contribution is 5.99. The van der Waals surface area contributed by atoms with Crippen molar-refractivity contribution in [1.29, 1.82) is 0 Å². The van der Waals surface area contributed by atoms with Crippen LogP contribution in [-0.4, -0.2) is 37.9 Å². The van der Waals surface area contributed by atoms with Gasteiger partial charge in [0.05, 0.1) is 0 Å². The van der Waals surface area contributed by atoms with Gasteiger partial charge in [-0.25, -0.2) is 0 Å². The van der Waals surface area contributed by atoms with Crippen molar-refractivity contribution in [3.8, 4) is 11.5 Å². The number of nitrogens with one attached hydrogen (secondary N) is 2. The molecule has 3 aromatic carbocycles. The molecule has 0 amide bonds. The highest BCUT2D eigenvalue weighted by Crippen LogP contribution is 2.37. The largest absolute Gasteiger partial charge is 0.508 e. The summed E-state index contributed by atoms with van der Waals surface area (Å²) in [6.45, 7) is 2.50. The fourth-order valence-electron chi connectivity index (χ4n) is 3.61. The first kappa shape index (κ1) is 20.2. The van der Waals surface area contributed by atoms with E-state index in [9.17, 15) is 5.11 Å². The van der Waals surface area contributed by atoms with Crippen LogP contribution in [0.3, 0.4) is 0 Å². The predicted molar refractivity (Wildman–Crippen MR) is 123 cm³/mol.